The fraction of sp³-hybridized carbons (Fsp3) is 0.200. The second kappa shape index (κ2) is 9.81. The summed E-state index contributed by atoms with van der Waals surface area (Å²) in [7, 11) is 1.41. The highest BCUT2D eigenvalue weighted by Crippen LogP contribution is 2.38. The molecule has 0 saturated carbocycles. The molecule has 6 nitrogen and oxygen atoms in total. The number of thiazole rings is 1. The maximum atomic E-state index is 13.5. The zero-order valence-corrected chi connectivity index (χ0v) is 17.2. The monoisotopic (exact) mass is 473 g/mol. The van der Waals surface area contributed by atoms with E-state index in [4.69, 9.17) is 4.74 Å². The second-order valence-electron chi connectivity index (χ2n) is 6.22. The number of ether oxygens (including phenoxy) is 2. The van der Waals surface area contributed by atoms with Crippen LogP contribution in [0, 0.1) is 0 Å². The Morgan fingerprint density at radius 3 is 2.44 bits per heavy atom. The number of carbonyl (C=O) groups excluding carboxylic acids is 1. The number of nitrogens with one attached hydrogen (secondary N) is 2. The van der Waals surface area contributed by atoms with Crippen LogP contribution in [0.4, 0.5) is 32.8 Å². The summed E-state index contributed by atoms with van der Waals surface area (Å²) < 4.78 is 74.1. The van der Waals surface area contributed by atoms with E-state index < -0.39 is 29.3 Å². The molecule has 3 rings (SSSR count). The summed E-state index contributed by atoms with van der Waals surface area (Å²) in [5, 5.41) is 4.97. The van der Waals surface area contributed by atoms with E-state index in [0.717, 1.165) is 0 Å². The third-order valence-electron chi connectivity index (χ3n) is 4.05. The summed E-state index contributed by atoms with van der Waals surface area (Å²) in [6, 6.07) is 11.9. The van der Waals surface area contributed by atoms with Gasteiger partial charge in [0.15, 0.2) is 10.8 Å². The Bertz CT molecular complexity index is 1070. The minimum atomic E-state index is -4.85. The minimum absolute atomic E-state index is 0.0797. The molecule has 1 amide bonds. The first-order valence-electron chi connectivity index (χ1n) is 8.97. The standard InChI is InChI=1S/C20H16F5N3O3S/c1-30-14-5-3-2-4-13(14)27-19-28-16(20(23,24)25)15(32-19)17(29)26-10-11-6-8-12(9-7-11)31-18(21)22/h2-9,18H,10H2,1H3,(H,26,29)(H,27,28). The molecule has 0 saturated heterocycles. The smallest absolute Gasteiger partial charge is 0.435 e. The lowest BCUT2D eigenvalue weighted by Crippen LogP contribution is -2.24. The van der Waals surface area contributed by atoms with E-state index in [1.54, 1.807) is 24.3 Å². The molecule has 0 radical (unpaired) electrons. The number of amides is 1. The quantitative estimate of drug-likeness (QED) is 0.426. The van der Waals surface area contributed by atoms with Gasteiger partial charge in [0.25, 0.3) is 5.91 Å². The SMILES string of the molecule is COc1ccccc1Nc1nc(C(F)(F)F)c(C(=O)NCc2ccc(OC(F)F)cc2)s1. The highest BCUT2D eigenvalue weighted by atomic mass is 32.1. The highest BCUT2D eigenvalue weighted by Gasteiger charge is 2.39. The van der Waals surface area contributed by atoms with Crippen molar-refractivity contribution < 1.29 is 36.2 Å². The summed E-state index contributed by atoms with van der Waals surface area (Å²) in [5.41, 5.74) is -0.459. The lowest BCUT2D eigenvalue weighted by molar-refractivity contribution is -0.141. The Kier molecular flexibility index (Phi) is 7.13. The van der Waals surface area contributed by atoms with Crippen molar-refractivity contribution in [2.45, 2.75) is 19.3 Å². The molecule has 0 aliphatic carbocycles. The molecule has 0 aliphatic heterocycles. The van der Waals surface area contributed by atoms with Crippen molar-refractivity contribution in [2.24, 2.45) is 0 Å². The van der Waals surface area contributed by atoms with Crippen LogP contribution in [0.3, 0.4) is 0 Å². The minimum Gasteiger partial charge on any atom is -0.495 e. The number of carbonyl (C=O) groups is 1. The van der Waals surface area contributed by atoms with Gasteiger partial charge in [-0.15, -0.1) is 0 Å². The number of hydrogen-bond donors (Lipinski definition) is 2. The van der Waals surface area contributed by atoms with E-state index >= 15 is 0 Å². The van der Waals surface area contributed by atoms with Gasteiger partial charge in [0.1, 0.15) is 16.4 Å². The molecule has 170 valence electrons. The molecular weight excluding hydrogens is 457 g/mol. The number of benzene rings is 2. The van der Waals surface area contributed by atoms with Crippen molar-refractivity contribution in [1.29, 1.82) is 0 Å². The molecule has 0 unspecified atom stereocenters. The van der Waals surface area contributed by atoms with Crippen LogP contribution in [0.5, 0.6) is 11.5 Å². The van der Waals surface area contributed by atoms with E-state index in [2.05, 4.69) is 20.4 Å². The van der Waals surface area contributed by atoms with Gasteiger partial charge in [0.2, 0.25) is 0 Å². The molecule has 12 heteroatoms. The number of aromatic nitrogens is 1. The summed E-state index contributed by atoms with van der Waals surface area (Å²) in [4.78, 5) is 15.4. The number of para-hydroxylation sites is 2. The van der Waals surface area contributed by atoms with Crippen LogP contribution in [-0.2, 0) is 12.7 Å². The maximum Gasteiger partial charge on any atom is 0.435 e. The van der Waals surface area contributed by atoms with Crippen LogP contribution in [-0.4, -0.2) is 24.6 Å². The van der Waals surface area contributed by atoms with Gasteiger partial charge in [-0.05, 0) is 29.8 Å². The van der Waals surface area contributed by atoms with Crippen molar-refractivity contribution in [2.75, 3.05) is 12.4 Å². The molecule has 3 aromatic rings. The lowest BCUT2D eigenvalue weighted by atomic mass is 10.2. The van der Waals surface area contributed by atoms with Crippen molar-refractivity contribution in [3.8, 4) is 11.5 Å². The second-order valence-corrected chi connectivity index (χ2v) is 7.22. The topological polar surface area (TPSA) is 72.5 Å². The number of hydrogen-bond acceptors (Lipinski definition) is 6. The largest absolute Gasteiger partial charge is 0.495 e. The zero-order valence-electron chi connectivity index (χ0n) is 16.4. The predicted octanol–water partition coefficient (Wildman–Crippen LogP) is 5.45. The maximum absolute atomic E-state index is 13.5. The van der Waals surface area contributed by atoms with Gasteiger partial charge >= 0.3 is 12.8 Å². The van der Waals surface area contributed by atoms with Gasteiger partial charge in [-0.3, -0.25) is 4.79 Å². The number of methoxy groups -OCH3 is 1. The van der Waals surface area contributed by atoms with Crippen LogP contribution in [0.1, 0.15) is 20.9 Å². The Labute approximate surface area is 183 Å². The van der Waals surface area contributed by atoms with Crippen LogP contribution < -0.4 is 20.1 Å². The molecule has 0 bridgehead atoms. The first-order chi connectivity index (χ1) is 15.2. The molecule has 1 aromatic heterocycles. The number of halogens is 5. The third kappa shape index (κ3) is 5.84. The van der Waals surface area contributed by atoms with Crippen LogP contribution >= 0.6 is 11.3 Å². The van der Waals surface area contributed by atoms with Gasteiger partial charge in [-0.25, -0.2) is 4.98 Å². The van der Waals surface area contributed by atoms with E-state index in [1.807, 2.05) is 0 Å². The lowest BCUT2D eigenvalue weighted by Gasteiger charge is -2.08. The fourth-order valence-electron chi connectivity index (χ4n) is 2.63. The van der Waals surface area contributed by atoms with Crippen molar-refractivity contribution >= 4 is 28.1 Å². The molecule has 0 aliphatic rings. The first kappa shape index (κ1) is 23.3. The molecule has 0 spiro atoms. The van der Waals surface area contributed by atoms with E-state index in [0.29, 0.717) is 28.3 Å². The number of rotatable bonds is 8. The van der Waals surface area contributed by atoms with Crippen molar-refractivity contribution in [3.05, 3.63) is 64.7 Å². The molecule has 2 N–H and O–H groups in total. The molecule has 1 heterocycles. The Hall–Kier alpha value is -3.41. The highest BCUT2D eigenvalue weighted by molar-refractivity contribution is 7.17. The van der Waals surface area contributed by atoms with E-state index in [9.17, 15) is 26.7 Å². The Balaban J connectivity index is 1.76. The summed E-state index contributed by atoms with van der Waals surface area (Å²) >= 11 is 0.540. The zero-order chi connectivity index (χ0) is 23.3. The van der Waals surface area contributed by atoms with Crippen LogP contribution in [0.25, 0.3) is 0 Å². The number of anilines is 2. The van der Waals surface area contributed by atoms with Gasteiger partial charge in [0, 0.05) is 6.54 Å². The molecule has 2 aromatic carbocycles. The molecule has 0 atom stereocenters. The Morgan fingerprint density at radius 1 is 1.12 bits per heavy atom. The van der Waals surface area contributed by atoms with Gasteiger partial charge < -0.3 is 20.1 Å². The molecule has 32 heavy (non-hydrogen) atoms. The summed E-state index contributed by atoms with van der Waals surface area (Å²) in [6.45, 7) is -3.11. The van der Waals surface area contributed by atoms with Crippen molar-refractivity contribution in [3.63, 3.8) is 0 Å². The fourth-order valence-corrected chi connectivity index (χ4v) is 3.55. The molecular formula is C20H16F5N3O3S. The van der Waals surface area contributed by atoms with Crippen molar-refractivity contribution in [1.82, 2.24) is 10.3 Å². The number of alkyl halides is 5. The number of nitrogens with zero attached hydrogens (tertiary/aromatic N) is 1. The normalized spacial score (nSPS) is 11.3. The Morgan fingerprint density at radius 2 is 1.81 bits per heavy atom. The average Bonchev–Trinajstić information content (AvgIpc) is 3.17. The van der Waals surface area contributed by atoms with Gasteiger partial charge in [-0.1, -0.05) is 35.6 Å². The summed E-state index contributed by atoms with van der Waals surface area (Å²) in [5.74, 6) is -0.665. The predicted molar refractivity (Wildman–Crippen MR) is 108 cm³/mol. The average molecular weight is 473 g/mol. The third-order valence-corrected chi connectivity index (χ3v) is 5.02. The van der Waals surface area contributed by atoms with Gasteiger partial charge in [0.05, 0.1) is 12.8 Å². The van der Waals surface area contributed by atoms with Crippen LogP contribution in [0.15, 0.2) is 48.5 Å². The van der Waals surface area contributed by atoms with E-state index in [1.165, 1.54) is 31.4 Å². The van der Waals surface area contributed by atoms with Crippen LogP contribution in [0.2, 0.25) is 0 Å². The van der Waals surface area contributed by atoms with E-state index in [-0.39, 0.29) is 17.4 Å². The first-order valence-corrected chi connectivity index (χ1v) is 9.79. The molecule has 0 fully saturated rings. The summed E-state index contributed by atoms with van der Waals surface area (Å²) in [6.07, 6.45) is -4.85. The van der Waals surface area contributed by atoms with Gasteiger partial charge in [-0.2, -0.15) is 22.0 Å².